The van der Waals surface area contributed by atoms with E-state index < -0.39 is 98.6 Å². The third-order valence-corrected chi connectivity index (χ3v) is 8.68. The average molecular weight is 763 g/mol. The van der Waals surface area contributed by atoms with E-state index in [1.54, 1.807) is 0 Å². The summed E-state index contributed by atoms with van der Waals surface area (Å²) in [6.07, 6.45) is 3.23. The van der Waals surface area contributed by atoms with Gasteiger partial charge in [0.05, 0.1) is 29.1 Å². The fourth-order valence-corrected chi connectivity index (χ4v) is 6.12. The van der Waals surface area contributed by atoms with E-state index in [1.807, 2.05) is 0 Å². The number of rotatable bonds is 12. The van der Waals surface area contributed by atoms with Crippen LogP contribution < -0.4 is 18.9 Å². The first kappa shape index (κ1) is 37.0. The molecule has 2 heterocycles. The number of allylic oxidation sites excluding steroid dienone is 2. The zero-order chi connectivity index (χ0) is 36.4. The molecule has 2 unspecified atom stereocenters. The first-order chi connectivity index (χ1) is 22.8. The summed E-state index contributed by atoms with van der Waals surface area (Å²) in [6.45, 7) is 2.66. The molecule has 0 saturated carbocycles. The number of hydrogen-bond acceptors (Lipinski definition) is 13. The predicted molar refractivity (Wildman–Crippen MR) is 169 cm³/mol. The minimum Gasteiger partial charge on any atom is -0.461 e. The van der Waals surface area contributed by atoms with Crippen LogP contribution in [0.25, 0.3) is 11.8 Å². The Morgan fingerprint density at radius 3 is 1.98 bits per heavy atom. The Morgan fingerprint density at radius 1 is 0.939 bits per heavy atom. The summed E-state index contributed by atoms with van der Waals surface area (Å²) in [5, 5.41) is 6.82. The smallest absolute Gasteiger partial charge is 0.359 e. The topological polar surface area (TPSA) is 299 Å². The highest BCUT2D eigenvalue weighted by atomic mass is 32.2. The molecule has 2 aromatic carbocycles. The molecule has 1 amide bonds. The minimum atomic E-state index is -5.05. The number of benzene rings is 2. The summed E-state index contributed by atoms with van der Waals surface area (Å²) < 4.78 is 123. The molecule has 20 nitrogen and oxygen atoms in total. The molecule has 4 rings (SSSR count). The highest BCUT2D eigenvalue weighted by Crippen LogP contribution is 2.34. The summed E-state index contributed by atoms with van der Waals surface area (Å²) in [5.74, 6) is -3.07. The van der Waals surface area contributed by atoms with Crippen LogP contribution >= 0.6 is 0 Å². The summed E-state index contributed by atoms with van der Waals surface area (Å²) in [7, 11) is -9.98. The van der Waals surface area contributed by atoms with E-state index in [9.17, 15) is 48.7 Å². The van der Waals surface area contributed by atoms with Crippen LogP contribution in [0.4, 0.5) is 5.69 Å². The molecule has 262 valence electrons. The second-order valence-corrected chi connectivity index (χ2v) is 13.3. The molecule has 0 aliphatic carbocycles. The molecule has 0 bridgehead atoms. The number of anilines is 1. The second kappa shape index (κ2) is 14.3. The van der Waals surface area contributed by atoms with Crippen LogP contribution in [-0.4, -0.2) is 77.4 Å². The lowest BCUT2D eigenvalue weighted by atomic mass is 10.1. The van der Waals surface area contributed by atoms with Gasteiger partial charge in [-0.25, -0.2) is 9.48 Å². The van der Waals surface area contributed by atoms with E-state index in [0.717, 1.165) is 54.6 Å². The Kier molecular flexibility index (Phi) is 10.8. The third-order valence-electron chi connectivity index (χ3n) is 6.21. The monoisotopic (exact) mass is 762 g/mol. The molecule has 3 aromatic rings. The summed E-state index contributed by atoms with van der Waals surface area (Å²) in [6, 6.07) is 5.09. The molecular weight excluding hydrogens is 741 g/mol. The predicted octanol–water partition coefficient (Wildman–Crippen LogP) is 0.904. The van der Waals surface area contributed by atoms with Gasteiger partial charge in [-0.05, 0) is 50.3 Å². The molecule has 0 fully saturated rings. The number of aromatic amines is 1. The van der Waals surface area contributed by atoms with Crippen LogP contribution in [0.2, 0.25) is 0 Å². The van der Waals surface area contributed by atoms with E-state index in [2.05, 4.69) is 18.6 Å². The molecule has 5 N–H and O–H groups in total. The number of carbonyl (C=O) groups excluding carboxylic acids is 2. The summed E-state index contributed by atoms with van der Waals surface area (Å²) in [4.78, 5) is 37.9. The maximum Gasteiger partial charge on any atom is 0.359 e. The van der Waals surface area contributed by atoms with Gasteiger partial charge in [0.1, 0.15) is 21.3 Å². The lowest BCUT2D eigenvalue weighted by Gasteiger charge is -2.15. The van der Waals surface area contributed by atoms with Crippen molar-refractivity contribution in [2.45, 2.75) is 23.6 Å². The first-order valence-electron chi connectivity index (χ1n) is 13.0. The number of aryl methyl sites for hydroxylation is 1. The fraction of sp³-hybridized carbons (Fsp3) is 0.120. The quantitative estimate of drug-likeness (QED) is 0.0741. The lowest BCUT2D eigenvalue weighted by Crippen LogP contribution is -2.24. The number of ether oxygens (including phenoxy) is 1. The van der Waals surface area contributed by atoms with Crippen LogP contribution in [0.3, 0.4) is 0 Å². The number of hydrogen-bond donors (Lipinski definition) is 5. The van der Waals surface area contributed by atoms with Crippen molar-refractivity contribution < 1.29 is 66.2 Å². The molecule has 0 spiro atoms. The van der Waals surface area contributed by atoms with E-state index >= 15 is 0 Å². The number of aromatic nitrogens is 2. The summed E-state index contributed by atoms with van der Waals surface area (Å²) >= 11 is -5.71. The first-order valence-corrected chi connectivity index (χ1v) is 17.9. The average Bonchev–Trinajstić information content (AvgIpc) is 3.46. The SMILES string of the molecule is CCOC(=O)C1=NN(c2cc(OS(=O)O)ccc2S(=O)(=O)O)C(=O)/C1=C\C=Cc1c(C)[nH]n(-c2cc(OS(=O)O)ccc2S(=O)(=O)O)c1=O. The maximum atomic E-state index is 13.5. The van der Waals surface area contributed by atoms with Crippen LogP contribution in [0.15, 0.2) is 73.8 Å². The number of nitrogens with one attached hydrogen (secondary N) is 1. The molecular formula is C25H22N4O16S4. The van der Waals surface area contributed by atoms with Gasteiger partial charge in [-0.15, -0.1) is 0 Å². The Labute approximate surface area is 280 Å². The number of amides is 1. The molecule has 24 heteroatoms. The second-order valence-electron chi connectivity index (χ2n) is 9.33. The number of esters is 1. The number of nitrogens with zero attached hydrogens (tertiary/aromatic N) is 3. The fourth-order valence-electron chi connectivity index (χ4n) is 4.28. The van der Waals surface area contributed by atoms with E-state index in [1.165, 1.54) is 13.8 Å². The Morgan fingerprint density at radius 2 is 1.47 bits per heavy atom. The maximum absolute atomic E-state index is 13.5. The Hall–Kier alpha value is -4.82. The van der Waals surface area contributed by atoms with Gasteiger partial charge in [0.15, 0.2) is 5.71 Å². The van der Waals surface area contributed by atoms with Crippen molar-refractivity contribution in [3.05, 3.63) is 75.7 Å². The van der Waals surface area contributed by atoms with Crippen LogP contribution in [0.1, 0.15) is 18.2 Å². The van der Waals surface area contributed by atoms with Crippen molar-refractivity contribution in [2.75, 3.05) is 11.6 Å². The lowest BCUT2D eigenvalue weighted by molar-refractivity contribution is -0.135. The van der Waals surface area contributed by atoms with Crippen molar-refractivity contribution in [1.82, 2.24) is 9.78 Å². The zero-order valence-electron chi connectivity index (χ0n) is 24.6. The molecule has 0 radical (unpaired) electrons. The van der Waals surface area contributed by atoms with Gasteiger partial charge >= 0.3 is 28.7 Å². The van der Waals surface area contributed by atoms with Crippen molar-refractivity contribution >= 4 is 72.3 Å². The van der Waals surface area contributed by atoms with E-state index in [4.69, 9.17) is 13.8 Å². The van der Waals surface area contributed by atoms with Gasteiger partial charge in [-0.1, -0.05) is 6.08 Å². The standard InChI is InChI=1S/C25H22N4O16S4/c1-3-43-25(32)22-17(24(31)29(27-22)19-12-15(45-47(35)36)8-10-21(19)49(40,41)42)6-4-5-16-13(2)26-28(23(16)30)18-11-14(44-46(33)34)7-9-20(18)48(37,38)39/h4-12,26H,3H2,1-2H3,(H,33,34)(H,35,36)(H,37,38,39)(H,40,41,42)/b5-4?,17-6-. The molecule has 0 saturated heterocycles. The largest absolute Gasteiger partial charge is 0.461 e. The van der Waals surface area contributed by atoms with Gasteiger partial charge in [0.2, 0.25) is 0 Å². The molecule has 1 aliphatic heterocycles. The molecule has 49 heavy (non-hydrogen) atoms. The van der Waals surface area contributed by atoms with Crippen molar-refractivity contribution in [2.24, 2.45) is 5.10 Å². The van der Waals surface area contributed by atoms with E-state index in [0.29, 0.717) is 9.69 Å². The molecule has 1 aromatic heterocycles. The van der Waals surface area contributed by atoms with Gasteiger partial charge in [0.25, 0.3) is 31.7 Å². The minimum absolute atomic E-state index is 0.104. The Balaban J connectivity index is 1.81. The van der Waals surface area contributed by atoms with Crippen LogP contribution in [0.5, 0.6) is 11.5 Å². The normalized spacial score (nSPS) is 15.8. The number of carbonyl (C=O) groups is 2. The van der Waals surface area contributed by atoms with Gasteiger partial charge in [0, 0.05) is 17.8 Å². The molecule has 1 aliphatic rings. The van der Waals surface area contributed by atoms with Crippen molar-refractivity contribution in [3.63, 3.8) is 0 Å². The third kappa shape index (κ3) is 8.26. The molecule has 2 atom stereocenters. The Bertz CT molecular complexity index is 2290. The van der Waals surface area contributed by atoms with Gasteiger partial charge in [-0.3, -0.25) is 32.9 Å². The highest BCUT2D eigenvalue weighted by molar-refractivity contribution is 7.86. The van der Waals surface area contributed by atoms with E-state index in [-0.39, 0.29) is 23.6 Å². The van der Waals surface area contributed by atoms with Gasteiger partial charge < -0.3 is 13.1 Å². The van der Waals surface area contributed by atoms with Gasteiger partial charge in [-0.2, -0.15) is 35.4 Å². The van der Waals surface area contributed by atoms with Crippen LogP contribution in [-0.2, 0) is 57.3 Å². The zero-order valence-corrected chi connectivity index (χ0v) is 27.8. The summed E-state index contributed by atoms with van der Waals surface area (Å²) in [5.41, 5.74) is -3.30. The van der Waals surface area contributed by atoms with Crippen molar-refractivity contribution in [1.29, 1.82) is 0 Å². The van der Waals surface area contributed by atoms with Crippen LogP contribution in [0, 0.1) is 6.92 Å². The highest BCUT2D eigenvalue weighted by Gasteiger charge is 2.38. The number of hydrazone groups is 1. The van der Waals surface area contributed by atoms with Crippen molar-refractivity contribution in [3.8, 4) is 17.2 Å². The number of H-pyrrole nitrogens is 1.